The largest absolute Gasteiger partial charge is 0.483 e. The first-order valence-electron chi connectivity index (χ1n) is 5.95. The Kier molecular flexibility index (Phi) is 3.94. The van der Waals surface area contributed by atoms with Crippen LogP contribution in [0.5, 0.6) is 0 Å². The number of nitrogens with one attached hydrogen (secondary N) is 1. The van der Waals surface area contributed by atoms with Gasteiger partial charge in [0, 0.05) is 17.5 Å². The summed E-state index contributed by atoms with van der Waals surface area (Å²) in [6, 6.07) is 7.54. The Balaban J connectivity index is 2.34. The van der Waals surface area contributed by atoms with E-state index in [1.54, 1.807) is 18.3 Å². The first-order chi connectivity index (χ1) is 9.24. The lowest BCUT2D eigenvalue weighted by Crippen LogP contribution is -1.87. The third kappa shape index (κ3) is 2.99. The molecule has 0 fully saturated rings. The van der Waals surface area contributed by atoms with Crippen LogP contribution in [0.2, 0.25) is 0 Å². The molecule has 0 atom stereocenters. The molecular formula is C14H14N4O. The van der Waals surface area contributed by atoms with Crippen LogP contribution < -0.4 is 0 Å². The summed E-state index contributed by atoms with van der Waals surface area (Å²) in [7, 11) is 0. The van der Waals surface area contributed by atoms with Gasteiger partial charge in [-0.3, -0.25) is 0 Å². The molecule has 0 aliphatic heterocycles. The molecule has 0 bridgehead atoms. The Bertz CT molecular complexity index is 637. The van der Waals surface area contributed by atoms with Crippen LogP contribution in [0, 0.1) is 18.3 Å². The van der Waals surface area contributed by atoms with Gasteiger partial charge in [-0.05, 0) is 32.0 Å². The molecule has 0 radical (unpaired) electrons. The number of aromatic amines is 1. The molecule has 1 aromatic carbocycles. The fourth-order valence-corrected chi connectivity index (χ4v) is 1.61. The van der Waals surface area contributed by atoms with Crippen LogP contribution in [0.1, 0.15) is 18.2 Å². The summed E-state index contributed by atoms with van der Waals surface area (Å²) in [5.74, 6) is 0.745. The molecule has 19 heavy (non-hydrogen) atoms. The molecule has 1 aromatic heterocycles. The summed E-state index contributed by atoms with van der Waals surface area (Å²) in [5.41, 5.74) is 2.91. The van der Waals surface area contributed by atoms with E-state index >= 15 is 0 Å². The maximum Gasteiger partial charge on any atom is 0.174 e. The molecule has 0 amide bonds. The van der Waals surface area contributed by atoms with Crippen LogP contribution in [-0.2, 0) is 4.74 Å². The summed E-state index contributed by atoms with van der Waals surface area (Å²) in [6.07, 6.45) is 3.11. The van der Waals surface area contributed by atoms with E-state index in [2.05, 4.69) is 21.0 Å². The number of ether oxygens (including phenoxy) is 1. The fourth-order valence-electron chi connectivity index (χ4n) is 1.61. The number of nitriles is 1. The molecule has 0 aliphatic carbocycles. The second kappa shape index (κ2) is 5.83. The Morgan fingerprint density at radius 2 is 2.37 bits per heavy atom. The van der Waals surface area contributed by atoms with Gasteiger partial charge in [0.05, 0.1) is 17.9 Å². The number of hydrogen-bond donors (Lipinski definition) is 1. The Morgan fingerprint density at radius 3 is 3.00 bits per heavy atom. The van der Waals surface area contributed by atoms with E-state index in [0.29, 0.717) is 17.9 Å². The first kappa shape index (κ1) is 12.8. The minimum Gasteiger partial charge on any atom is -0.483 e. The zero-order valence-corrected chi connectivity index (χ0v) is 10.8. The molecule has 0 saturated carbocycles. The Morgan fingerprint density at radius 1 is 1.53 bits per heavy atom. The molecule has 1 heterocycles. The van der Waals surface area contributed by atoms with Crippen LogP contribution in [0.25, 0.3) is 11.4 Å². The van der Waals surface area contributed by atoms with Gasteiger partial charge in [0.25, 0.3) is 0 Å². The predicted molar refractivity (Wildman–Crippen MR) is 73.3 cm³/mol. The number of aliphatic imine (C=N–C) groups is 1. The lowest BCUT2D eigenvalue weighted by molar-refractivity contribution is 0.344. The quantitative estimate of drug-likeness (QED) is 0.673. The second-order valence-electron chi connectivity index (χ2n) is 3.95. The molecular weight excluding hydrogens is 240 g/mol. The van der Waals surface area contributed by atoms with E-state index < -0.39 is 0 Å². The third-order valence-electron chi connectivity index (χ3n) is 2.53. The number of hydrogen-bond acceptors (Lipinski definition) is 4. The standard InChI is InChI=1S/C14H14N4O/c1-3-19-9-17-13-5-4-11(6-12(13)7-15)14-16-8-10(2)18-14/h4-6,8-9H,3H2,1-2H3,(H,16,18). The van der Waals surface area contributed by atoms with Crippen LogP contribution in [0.3, 0.4) is 0 Å². The fraction of sp³-hybridized carbons (Fsp3) is 0.214. The Hall–Kier alpha value is -2.61. The predicted octanol–water partition coefficient (Wildman–Crippen LogP) is 2.95. The third-order valence-corrected chi connectivity index (χ3v) is 2.53. The summed E-state index contributed by atoms with van der Waals surface area (Å²) in [4.78, 5) is 11.5. The van der Waals surface area contributed by atoms with Gasteiger partial charge >= 0.3 is 0 Å². The summed E-state index contributed by atoms with van der Waals surface area (Å²) in [6.45, 7) is 4.36. The highest BCUT2D eigenvalue weighted by Crippen LogP contribution is 2.24. The number of aromatic nitrogens is 2. The monoisotopic (exact) mass is 254 g/mol. The highest BCUT2D eigenvalue weighted by Gasteiger charge is 2.06. The average Bonchev–Trinajstić information content (AvgIpc) is 2.86. The summed E-state index contributed by atoms with van der Waals surface area (Å²) in [5, 5.41) is 9.16. The molecule has 96 valence electrons. The van der Waals surface area contributed by atoms with E-state index in [1.807, 2.05) is 19.9 Å². The molecule has 5 nitrogen and oxygen atoms in total. The minimum atomic E-state index is 0.488. The zero-order chi connectivity index (χ0) is 13.7. The molecule has 0 aliphatic rings. The lowest BCUT2D eigenvalue weighted by Gasteiger charge is -2.01. The number of aryl methyl sites for hydroxylation is 1. The Labute approximate surface area is 111 Å². The topological polar surface area (TPSA) is 74.1 Å². The van der Waals surface area contributed by atoms with Gasteiger partial charge in [0.1, 0.15) is 11.9 Å². The van der Waals surface area contributed by atoms with Crippen molar-refractivity contribution in [1.82, 2.24) is 9.97 Å². The average molecular weight is 254 g/mol. The highest BCUT2D eigenvalue weighted by molar-refractivity contribution is 5.68. The van der Waals surface area contributed by atoms with Crippen molar-refractivity contribution in [1.29, 1.82) is 5.26 Å². The number of H-pyrrole nitrogens is 1. The van der Waals surface area contributed by atoms with Crippen LogP contribution in [-0.4, -0.2) is 23.0 Å². The van der Waals surface area contributed by atoms with Gasteiger partial charge in [0.15, 0.2) is 6.40 Å². The molecule has 5 heteroatoms. The van der Waals surface area contributed by atoms with Crippen molar-refractivity contribution in [2.24, 2.45) is 4.99 Å². The van der Waals surface area contributed by atoms with Crippen molar-refractivity contribution in [3.05, 3.63) is 35.7 Å². The second-order valence-corrected chi connectivity index (χ2v) is 3.95. The molecule has 0 spiro atoms. The SMILES string of the molecule is CCOC=Nc1ccc(-c2ncc(C)[nH]2)cc1C#N. The van der Waals surface area contributed by atoms with E-state index in [0.717, 1.165) is 17.1 Å². The summed E-state index contributed by atoms with van der Waals surface area (Å²) >= 11 is 0. The number of nitrogens with zero attached hydrogens (tertiary/aromatic N) is 3. The van der Waals surface area contributed by atoms with E-state index in [-0.39, 0.29) is 0 Å². The van der Waals surface area contributed by atoms with Gasteiger partial charge in [0.2, 0.25) is 0 Å². The minimum absolute atomic E-state index is 0.488. The van der Waals surface area contributed by atoms with Crippen molar-refractivity contribution < 1.29 is 4.74 Å². The van der Waals surface area contributed by atoms with Crippen molar-refractivity contribution in [3.63, 3.8) is 0 Å². The molecule has 1 N–H and O–H groups in total. The van der Waals surface area contributed by atoms with Gasteiger partial charge in [-0.25, -0.2) is 9.98 Å². The molecule has 0 unspecified atom stereocenters. The lowest BCUT2D eigenvalue weighted by atomic mass is 10.1. The van der Waals surface area contributed by atoms with E-state index in [1.165, 1.54) is 6.40 Å². The number of rotatable bonds is 4. The maximum absolute atomic E-state index is 9.16. The van der Waals surface area contributed by atoms with E-state index in [4.69, 9.17) is 10.00 Å². The number of imidazole rings is 1. The highest BCUT2D eigenvalue weighted by atomic mass is 16.5. The van der Waals surface area contributed by atoms with Crippen molar-refractivity contribution >= 4 is 12.1 Å². The van der Waals surface area contributed by atoms with Crippen LogP contribution in [0.15, 0.2) is 29.4 Å². The van der Waals surface area contributed by atoms with Gasteiger partial charge < -0.3 is 9.72 Å². The van der Waals surface area contributed by atoms with Crippen LogP contribution >= 0.6 is 0 Å². The summed E-state index contributed by atoms with van der Waals surface area (Å²) < 4.78 is 5.04. The first-order valence-corrected chi connectivity index (χ1v) is 5.95. The zero-order valence-electron chi connectivity index (χ0n) is 10.8. The molecule has 0 saturated heterocycles. The van der Waals surface area contributed by atoms with Gasteiger partial charge in [-0.15, -0.1) is 0 Å². The number of benzene rings is 1. The smallest absolute Gasteiger partial charge is 0.174 e. The van der Waals surface area contributed by atoms with Gasteiger partial charge in [-0.1, -0.05) is 0 Å². The van der Waals surface area contributed by atoms with Gasteiger partial charge in [-0.2, -0.15) is 5.26 Å². The molecule has 2 aromatic rings. The van der Waals surface area contributed by atoms with Crippen LogP contribution in [0.4, 0.5) is 5.69 Å². The van der Waals surface area contributed by atoms with Crippen molar-refractivity contribution in [3.8, 4) is 17.5 Å². The molecule has 2 rings (SSSR count). The normalized spacial score (nSPS) is 10.6. The van der Waals surface area contributed by atoms with Crippen molar-refractivity contribution in [2.75, 3.05) is 6.61 Å². The van der Waals surface area contributed by atoms with E-state index in [9.17, 15) is 0 Å². The van der Waals surface area contributed by atoms with Crippen molar-refractivity contribution in [2.45, 2.75) is 13.8 Å². The maximum atomic E-state index is 9.16.